The second kappa shape index (κ2) is 53.9. The molecule has 129 heavy (non-hydrogen) atoms. The van der Waals surface area contributed by atoms with Crippen molar-refractivity contribution in [2.45, 2.75) is 320 Å². The first-order valence-corrected chi connectivity index (χ1v) is 45.4. The number of hydrogen-bond acceptors (Lipinski definition) is 29. The van der Waals surface area contributed by atoms with Gasteiger partial charge >= 0.3 is 53.8 Å². The number of nitrogens with zero attached hydrogens (tertiary/aromatic N) is 6. The number of aryl methyl sites for hydroxylation is 2. The lowest BCUT2D eigenvalue weighted by molar-refractivity contribution is -0.160. The minimum atomic E-state index is -1.24. The molecule has 0 bridgehead atoms. The Balaban J connectivity index is 1.63. The number of nitrogens with one attached hydrogen (secondary N) is 6. The molecule has 0 aromatic heterocycles. The Morgan fingerprint density at radius 3 is 0.992 bits per heavy atom. The number of amides is 6. The first kappa shape index (κ1) is 114. The van der Waals surface area contributed by atoms with E-state index in [1.54, 1.807) is 200 Å². The van der Waals surface area contributed by atoms with Crippen molar-refractivity contribution in [3.63, 3.8) is 0 Å². The van der Waals surface area contributed by atoms with Crippen LogP contribution in [0.4, 0.5) is 4.79 Å². The number of carbonyl (C=O) groups is 13. The van der Waals surface area contributed by atoms with Gasteiger partial charge in [0.05, 0.1) is 39.3 Å². The van der Waals surface area contributed by atoms with Crippen molar-refractivity contribution in [1.82, 2.24) is 61.3 Å². The molecule has 8 N–H and O–H groups in total. The molecular weight excluding hydrogens is 1670 g/mol. The maximum Gasteiger partial charge on any atom is 0.329 e. The number of urea groups is 1. The number of carbonyl (C=O) groups excluding carboxylic acids is 13. The fourth-order valence-corrected chi connectivity index (χ4v) is 13.2. The Morgan fingerprint density at radius 2 is 0.636 bits per heavy atom. The maximum atomic E-state index is 13.7. The topological polar surface area (TPSA) is 428 Å². The van der Waals surface area contributed by atoms with Gasteiger partial charge in [0, 0.05) is 142 Å². The largest absolute Gasteiger partial charge is 0.508 e. The minimum Gasteiger partial charge on any atom is -0.508 e. The summed E-state index contributed by atoms with van der Waals surface area (Å²) in [7, 11) is 0. The molecule has 0 saturated carbocycles. The smallest absolute Gasteiger partial charge is 0.329 e. The van der Waals surface area contributed by atoms with Gasteiger partial charge in [0.2, 0.25) is 23.6 Å². The molecule has 732 valence electrons. The van der Waals surface area contributed by atoms with Crippen molar-refractivity contribution < 1.29 is 110 Å². The molecule has 2 atom stereocenters. The van der Waals surface area contributed by atoms with Gasteiger partial charge in [-0.25, -0.2) is 14.4 Å². The van der Waals surface area contributed by atoms with Gasteiger partial charge < -0.3 is 80.0 Å². The molecule has 1 saturated heterocycles. The summed E-state index contributed by atoms with van der Waals surface area (Å²) in [5.41, 5.74) is -4.00. The van der Waals surface area contributed by atoms with E-state index in [4.69, 9.17) is 37.9 Å². The highest BCUT2D eigenvalue weighted by atomic mass is 16.6. The average molecular weight is 1820 g/mol. The van der Waals surface area contributed by atoms with Gasteiger partial charge in [0.25, 0.3) is 0 Å². The summed E-state index contributed by atoms with van der Waals surface area (Å²) in [6.07, 6.45) is 3.54. The Labute approximate surface area is 766 Å². The van der Waals surface area contributed by atoms with Crippen LogP contribution in [0.25, 0.3) is 0 Å². The van der Waals surface area contributed by atoms with E-state index in [0.29, 0.717) is 121 Å². The van der Waals surface area contributed by atoms with Crippen LogP contribution in [0, 0.1) is 0 Å². The predicted molar refractivity (Wildman–Crippen MR) is 489 cm³/mol. The van der Waals surface area contributed by atoms with Crippen LogP contribution in [0.3, 0.4) is 0 Å². The number of benzene rings is 2. The van der Waals surface area contributed by atoms with Gasteiger partial charge in [-0.1, -0.05) is 30.7 Å². The van der Waals surface area contributed by atoms with E-state index in [9.17, 15) is 72.5 Å². The third-order valence-corrected chi connectivity index (χ3v) is 18.7. The second-order valence-electron chi connectivity index (χ2n) is 41.0. The quantitative estimate of drug-likeness (QED) is 0.0176. The fourth-order valence-electron chi connectivity index (χ4n) is 13.2. The molecule has 0 spiro atoms. The van der Waals surface area contributed by atoms with Crippen molar-refractivity contribution in [3.8, 4) is 11.5 Å². The van der Waals surface area contributed by atoms with Crippen molar-refractivity contribution >= 4 is 77.4 Å². The molecule has 1 aliphatic rings. The molecule has 1 aliphatic heterocycles. The number of phenolic OH excluding ortho intramolecular Hbond substituents is 2. The standard InChI is InChI=1S/C94H158N12O23/c1-87(2,3)122-78(113)41-36-71(85(120)129-94(22,23)24)100-86(121)99-70(84(119)128-93(19,20)21)30-27-29-43-95-74(109)31-26-25-28-42-96-75(110)39-34-66-32-37-72(107)68(56-66)58-105(64-82(117)126-91(13,14)15)54-55-106(65-83(118)127-92(16,17)18)59-69-57-67(33-38-73(69)108)35-40-76(111)97-44-45-98-77(112)60-101-46-48-102(61-79(114)123-88(4,5)6)50-52-104(63-81(116)125-90(10,11)12)53-51-103(49-47-101)62-80(115)124-89(7,8)9/h32-33,37-38,56-57,70-71,107-108H,25-31,34-36,39-55,58-65H2,1-24H3,(H,95,109)(H,96,110)(H,97,111)(H,98,112)(H2,99,100,121)/t70-,71-/m0/s1. The van der Waals surface area contributed by atoms with E-state index in [1.165, 1.54) is 12.1 Å². The van der Waals surface area contributed by atoms with Crippen LogP contribution < -0.4 is 31.9 Å². The predicted octanol–water partition coefficient (Wildman–Crippen LogP) is 8.23. The molecule has 35 nitrogen and oxygen atoms in total. The zero-order valence-corrected chi connectivity index (χ0v) is 82.0. The second-order valence-corrected chi connectivity index (χ2v) is 41.0. The summed E-state index contributed by atoms with van der Waals surface area (Å²) in [4.78, 5) is 184. The maximum absolute atomic E-state index is 13.7. The van der Waals surface area contributed by atoms with E-state index in [1.807, 2.05) is 19.6 Å². The molecular formula is C94H158N12O23. The van der Waals surface area contributed by atoms with Crippen LogP contribution in [-0.2, 0) is 121 Å². The fraction of sp³-hybridized carbons (Fsp3) is 0.734. The normalized spacial score (nSPS) is 14.6. The number of esters is 8. The average Bonchev–Trinajstić information content (AvgIpc) is 0.852. The molecule has 0 unspecified atom stereocenters. The van der Waals surface area contributed by atoms with Gasteiger partial charge in [0.1, 0.15) is 68.4 Å². The van der Waals surface area contributed by atoms with E-state index in [-0.39, 0.29) is 159 Å². The number of ether oxygens (including phenoxy) is 8. The molecule has 0 radical (unpaired) electrons. The highest BCUT2D eigenvalue weighted by Crippen LogP contribution is 2.26. The molecule has 3 rings (SSSR count). The van der Waals surface area contributed by atoms with E-state index >= 15 is 0 Å². The summed E-state index contributed by atoms with van der Waals surface area (Å²) in [6, 6.07) is 6.80. The zero-order valence-electron chi connectivity index (χ0n) is 82.0. The van der Waals surface area contributed by atoms with Crippen molar-refractivity contribution in [2.75, 3.05) is 131 Å². The van der Waals surface area contributed by atoms with Gasteiger partial charge in [-0.3, -0.25) is 77.3 Å². The monoisotopic (exact) mass is 1820 g/mol. The molecule has 2 aromatic rings. The van der Waals surface area contributed by atoms with E-state index < -0.39 is 111 Å². The van der Waals surface area contributed by atoms with Crippen molar-refractivity contribution in [1.29, 1.82) is 0 Å². The number of aromatic hydroxyl groups is 2. The molecule has 0 aliphatic carbocycles. The van der Waals surface area contributed by atoms with Crippen LogP contribution in [0.1, 0.15) is 259 Å². The lowest BCUT2D eigenvalue weighted by atomic mass is 10.0. The first-order valence-electron chi connectivity index (χ1n) is 45.4. The first-order chi connectivity index (χ1) is 59.5. The van der Waals surface area contributed by atoms with Crippen LogP contribution in [-0.4, -0.2) is 305 Å². The lowest BCUT2D eigenvalue weighted by Gasteiger charge is -2.34. The lowest BCUT2D eigenvalue weighted by Crippen LogP contribution is -2.53. The van der Waals surface area contributed by atoms with Gasteiger partial charge in [-0.15, -0.1) is 0 Å². The third kappa shape index (κ3) is 56.8. The van der Waals surface area contributed by atoms with Crippen LogP contribution >= 0.6 is 0 Å². The van der Waals surface area contributed by atoms with Crippen LogP contribution in [0.2, 0.25) is 0 Å². The number of unbranched alkanes of at least 4 members (excludes halogenated alkanes) is 3. The van der Waals surface area contributed by atoms with Crippen molar-refractivity contribution in [2.24, 2.45) is 0 Å². The molecule has 6 amide bonds. The summed E-state index contributed by atoms with van der Waals surface area (Å²) in [5, 5.41) is 39.5. The Bertz CT molecular complexity index is 3890. The van der Waals surface area contributed by atoms with E-state index in [0.717, 1.165) is 5.56 Å². The Morgan fingerprint density at radius 1 is 0.333 bits per heavy atom. The van der Waals surface area contributed by atoms with Crippen molar-refractivity contribution in [3.05, 3.63) is 58.7 Å². The number of phenols is 2. The van der Waals surface area contributed by atoms with Crippen LogP contribution in [0.15, 0.2) is 36.4 Å². The molecule has 1 heterocycles. The third-order valence-electron chi connectivity index (χ3n) is 18.7. The Kier molecular flexibility index (Phi) is 47.6. The summed E-state index contributed by atoms with van der Waals surface area (Å²) < 4.78 is 45.1. The van der Waals surface area contributed by atoms with Gasteiger partial charge in [-0.2, -0.15) is 0 Å². The molecule has 1 fully saturated rings. The minimum absolute atomic E-state index is 0.0133. The molecule has 35 heteroatoms. The number of hydrogen-bond donors (Lipinski definition) is 8. The van der Waals surface area contributed by atoms with Gasteiger partial charge in [0.15, 0.2) is 0 Å². The zero-order chi connectivity index (χ0) is 97.5. The van der Waals surface area contributed by atoms with E-state index in [2.05, 4.69) is 31.9 Å². The Hall–Kier alpha value is -9.29. The summed E-state index contributed by atoms with van der Waals surface area (Å²) in [6.45, 7) is 45.5. The van der Waals surface area contributed by atoms with Crippen LogP contribution in [0.5, 0.6) is 11.5 Å². The highest BCUT2D eigenvalue weighted by Gasteiger charge is 2.34. The summed E-state index contributed by atoms with van der Waals surface area (Å²) >= 11 is 0. The highest BCUT2D eigenvalue weighted by molar-refractivity contribution is 5.88. The number of rotatable bonds is 46. The molecule has 2 aromatic carbocycles. The summed E-state index contributed by atoms with van der Waals surface area (Å²) in [5.74, 6) is -5.46. The SMILES string of the molecule is CC(C)(C)OC(=O)CC[C@H](NC(=O)N[C@@H](CCCCNC(=O)CCCCCNC(=O)CCc1ccc(O)c(CN(CCN(CC(=O)OC(C)(C)C)Cc2cc(CCC(=O)NCCNC(=O)CN3CCN(CC(=O)OC(C)(C)C)CCN(CC(=O)OC(C)(C)C)CCN(CC(=O)OC(C)(C)C)CC3)ccc2O)CC(=O)OC(C)(C)C)c1)C(=O)OC(C)(C)C)C(=O)OC(C)(C)C. The van der Waals surface area contributed by atoms with Gasteiger partial charge in [-0.05, 0) is 241 Å².